The Bertz CT molecular complexity index is 373. The van der Waals surface area contributed by atoms with E-state index in [9.17, 15) is 4.39 Å². The molecule has 1 aromatic rings. The summed E-state index contributed by atoms with van der Waals surface area (Å²) in [6.07, 6.45) is 0.936. The van der Waals surface area contributed by atoms with Crippen molar-refractivity contribution in [3.63, 3.8) is 0 Å². The minimum absolute atomic E-state index is 0.327. The van der Waals surface area contributed by atoms with E-state index in [-0.39, 0.29) is 5.82 Å². The molecule has 1 rings (SSSR count). The SMILES string of the molecule is CCCNC(C#N)c1cc(F)ccc1Br. The maximum absolute atomic E-state index is 13.0. The van der Waals surface area contributed by atoms with Gasteiger partial charge >= 0.3 is 0 Å². The van der Waals surface area contributed by atoms with Crippen molar-refractivity contribution in [3.05, 3.63) is 34.1 Å². The molecular weight excluding hydrogens is 259 g/mol. The minimum atomic E-state index is -0.463. The van der Waals surface area contributed by atoms with E-state index in [2.05, 4.69) is 27.3 Å². The lowest BCUT2D eigenvalue weighted by atomic mass is 10.1. The molecule has 0 heterocycles. The number of benzene rings is 1. The van der Waals surface area contributed by atoms with E-state index in [4.69, 9.17) is 5.26 Å². The number of hydrogen-bond acceptors (Lipinski definition) is 2. The lowest BCUT2D eigenvalue weighted by Gasteiger charge is -2.12. The molecule has 0 aliphatic carbocycles. The number of rotatable bonds is 4. The van der Waals surface area contributed by atoms with Gasteiger partial charge in [0.2, 0.25) is 0 Å². The molecule has 15 heavy (non-hydrogen) atoms. The summed E-state index contributed by atoms with van der Waals surface area (Å²) in [6, 6.07) is 6.00. The molecule has 0 fully saturated rings. The molecule has 0 radical (unpaired) electrons. The van der Waals surface area contributed by atoms with Gasteiger partial charge in [-0.05, 0) is 31.2 Å². The zero-order valence-corrected chi connectivity index (χ0v) is 10.0. The predicted molar refractivity (Wildman–Crippen MR) is 60.7 cm³/mol. The molecule has 1 aromatic carbocycles. The van der Waals surface area contributed by atoms with Crippen molar-refractivity contribution in [3.8, 4) is 6.07 Å². The maximum atomic E-state index is 13.0. The highest BCUT2D eigenvalue weighted by Gasteiger charge is 2.13. The fourth-order valence-corrected chi connectivity index (χ4v) is 1.73. The fraction of sp³-hybridized carbons (Fsp3) is 0.364. The second kappa shape index (κ2) is 5.84. The zero-order valence-electron chi connectivity index (χ0n) is 8.43. The van der Waals surface area contributed by atoms with Gasteiger partial charge < -0.3 is 0 Å². The zero-order chi connectivity index (χ0) is 11.3. The lowest BCUT2D eigenvalue weighted by molar-refractivity contribution is 0.599. The van der Waals surface area contributed by atoms with Crippen LogP contribution in [0.15, 0.2) is 22.7 Å². The van der Waals surface area contributed by atoms with Crippen LogP contribution in [0.3, 0.4) is 0 Å². The summed E-state index contributed by atoms with van der Waals surface area (Å²) in [5.74, 6) is -0.327. The first-order valence-corrected chi connectivity index (χ1v) is 5.56. The summed E-state index contributed by atoms with van der Waals surface area (Å²) >= 11 is 3.31. The van der Waals surface area contributed by atoms with E-state index in [1.165, 1.54) is 12.1 Å². The fourth-order valence-electron chi connectivity index (χ4n) is 1.25. The quantitative estimate of drug-likeness (QED) is 0.913. The van der Waals surface area contributed by atoms with Crippen molar-refractivity contribution >= 4 is 15.9 Å². The van der Waals surface area contributed by atoms with E-state index < -0.39 is 6.04 Å². The van der Waals surface area contributed by atoms with Crippen LogP contribution in [-0.4, -0.2) is 6.54 Å². The molecule has 0 aliphatic rings. The molecule has 0 saturated carbocycles. The Morgan fingerprint density at radius 3 is 2.93 bits per heavy atom. The summed E-state index contributed by atoms with van der Waals surface area (Å²) in [4.78, 5) is 0. The van der Waals surface area contributed by atoms with E-state index in [0.29, 0.717) is 5.56 Å². The molecule has 1 N–H and O–H groups in total. The van der Waals surface area contributed by atoms with E-state index >= 15 is 0 Å². The Morgan fingerprint density at radius 2 is 2.33 bits per heavy atom. The van der Waals surface area contributed by atoms with Gasteiger partial charge in [0.15, 0.2) is 0 Å². The highest BCUT2D eigenvalue weighted by atomic mass is 79.9. The number of nitriles is 1. The molecule has 0 spiro atoms. The molecule has 80 valence electrons. The van der Waals surface area contributed by atoms with E-state index in [0.717, 1.165) is 17.4 Å². The van der Waals surface area contributed by atoms with Gasteiger partial charge in [-0.15, -0.1) is 0 Å². The second-order valence-electron chi connectivity index (χ2n) is 3.18. The Balaban J connectivity index is 2.91. The van der Waals surface area contributed by atoms with Crippen LogP contribution in [0.5, 0.6) is 0 Å². The molecule has 0 amide bonds. The molecule has 0 aromatic heterocycles. The molecule has 2 nitrogen and oxygen atoms in total. The number of nitrogens with zero attached hydrogens (tertiary/aromatic N) is 1. The monoisotopic (exact) mass is 270 g/mol. The van der Waals surface area contributed by atoms with Crippen LogP contribution in [0, 0.1) is 17.1 Å². The Labute approximate surface area is 97.2 Å². The topological polar surface area (TPSA) is 35.8 Å². The highest BCUT2D eigenvalue weighted by molar-refractivity contribution is 9.10. The summed E-state index contributed by atoms with van der Waals surface area (Å²) in [5, 5.41) is 12.0. The first kappa shape index (κ1) is 12.2. The van der Waals surface area contributed by atoms with Crippen LogP contribution in [0.25, 0.3) is 0 Å². The van der Waals surface area contributed by atoms with Crippen LogP contribution in [0.1, 0.15) is 24.9 Å². The van der Waals surface area contributed by atoms with Crippen molar-refractivity contribution in [1.82, 2.24) is 5.32 Å². The molecule has 0 bridgehead atoms. The van der Waals surface area contributed by atoms with Gasteiger partial charge in [0, 0.05) is 10.0 Å². The van der Waals surface area contributed by atoms with Crippen LogP contribution < -0.4 is 5.32 Å². The van der Waals surface area contributed by atoms with Gasteiger partial charge in [-0.1, -0.05) is 22.9 Å². The molecule has 0 saturated heterocycles. The van der Waals surface area contributed by atoms with Crippen molar-refractivity contribution in [1.29, 1.82) is 5.26 Å². The highest BCUT2D eigenvalue weighted by Crippen LogP contribution is 2.23. The molecular formula is C11H12BrFN2. The van der Waals surface area contributed by atoms with Crippen molar-refractivity contribution in [2.24, 2.45) is 0 Å². The van der Waals surface area contributed by atoms with Crippen molar-refractivity contribution in [2.75, 3.05) is 6.54 Å². The number of hydrogen-bond donors (Lipinski definition) is 1. The Hall–Kier alpha value is -0.920. The first-order chi connectivity index (χ1) is 7.19. The molecule has 1 atom stereocenters. The maximum Gasteiger partial charge on any atom is 0.123 e. The third-order valence-electron chi connectivity index (χ3n) is 2.00. The average molecular weight is 271 g/mol. The third-order valence-corrected chi connectivity index (χ3v) is 2.72. The van der Waals surface area contributed by atoms with Gasteiger partial charge in [-0.2, -0.15) is 5.26 Å². The summed E-state index contributed by atoms with van der Waals surface area (Å²) in [7, 11) is 0. The summed E-state index contributed by atoms with van der Waals surface area (Å²) in [6.45, 7) is 2.75. The summed E-state index contributed by atoms with van der Waals surface area (Å²) in [5.41, 5.74) is 0.644. The number of nitrogens with one attached hydrogen (secondary N) is 1. The average Bonchev–Trinajstić information content (AvgIpc) is 2.24. The first-order valence-electron chi connectivity index (χ1n) is 4.77. The van der Waals surface area contributed by atoms with Gasteiger partial charge in [0.1, 0.15) is 11.9 Å². The number of halogens is 2. The van der Waals surface area contributed by atoms with Crippen LogP contribution in [0.2, 0.25) is 0 Å². The van der Waals surface area contributed by atoms with Crippen molar-refractivity contribution < 1.29 is 4.39 Å². The minimum Gasteiger partial charge on any atom is -0.298 e. The molecule has 4 heteroatoms. The Kier molecular flexibility index (Phi) is 4.73. The van der Waals surface area contributed by atoms with Crippen LogP contribution >= 0.6 is 15.9 Å². The largest absolute Gasteiger partial charge is 0.298 e. The van der Waals surface area contributed by atoms with E-state index in [1.807, 2.05) is 6.92 Å². The smallest absolute Gasteiger partial charge is 0.123 e. The lowest BCUT2D eigenvalue weighted by Crippen LogP contribution is -2.21. The molecule has 0 aliphatic heterocycles. The van der Waals surface area contributed by atoms with Gasteiger partial charge in [0.25, 0.3) is 0 Å². The van der Waals surface area contributed by atoms with Gasteiger partial charge in [-0.25, -0.2) is 4.39 Å². The van der Waals surface area contributed by atoms with E-state index in [1.54, 1.807) is 6.07 Å². The second-order valence-corrected chi connectivity index (χ2v) is 4.04. The van der Waals surface area contributed by atoms with Gasteiger partial charge in [0.05, 0.1) is 6.07 Å². The van der Waals surface area contributed by atoms with Crippen molar-refractivity contribution in [2.45, 2.75) is 19.4 Å². The standard InChI is InChI=1S/C11H12BrFN2/c1-2-5-15-11(7-14)9-6-8(13)3-4-10(9)12/h3-4,6,11,15H,2,5H2,1H3. The normalized spacial score (nSPS) is 12.1. The predicted octanol–water partition coefficient (Wildman–Crippen LogP) is 3.15. The van der Waals surface area contributed by atoms with Gasteiger partial charge in [-0.3, -0.25) is 5.32 Å². The van der Waals surface area contributed by atoms with Crippen LogP contribution in [-0.2, 0) is 0 Å². The van der Waals surface area contributed by atoms with Crippen LogP contribution in [0.4, 0.5) is 4.39 Å². The Morgan fingerprint density at radius 1 is 1.60 bits per heavy atom. The molecule has 1 unspecified atom stereocenters. The third kappa shape index (κ3) is 3.29. The summed E-state index contributed by atoms with van der Waals surface area (Å²) < 4.78 is 13.8.